The Morgan fingerprint density at radius 3 is 2.89 bits per heavy atom. The molecule has 1 aromatic rings. The van der Waals surface area contributed by atoms with Gasteiger partial charge in [-0.3, -0.25) is 0 Å². The summed E-state index contributed by atoms with van der Waals surface area (Å²) in [7, 11) is 0. The molecule has 0 aliphatic carbocycles. The molecule has 18 heavy (non-hydrogen) atoms. The minimum Gasteiger partial charge on any atom is -0.321 e. The van der Waals surface area contributed by atoms with Crippen LogP contribution in [0.2, 0.25) is 0 Å². The highest BCUT2D eigenvalue weighted by molar-refractivity contribution is 5.03. The Labute approximate surface area is 108 Å². The quantitative estimate of drug-likeness (QED) is 0.871. The van der Waals surface area contributed by atoms with Gasteiger partial charge in [0.2, 0.25) is 0 Å². The molecule has 3 heterocycles. The van der Waals surface area contributed by atoms with E-state index in [9.17, 15) is 0 Å². The van der Waals surface area contributed by atoms with Crippen molar-refractivity contribution in [1.82, 2.24) is 19.7 Å². The molecule has 0 bridgehead atoms. The number of likely N-dealkylation sites (N-methyl/N-ethyl adjacent to an activating group) is 1. The molecule has 2 atom stereocenters. The third kappa shape index (κ3) is 2.17. The summed E-state index contributed by atoms with van der Waals surface area (Å²) in [5, 5.41) is 4.63. The first kappa shape index (κ1) is 12.1. The molecular weight excluding hydrogens is 226 g/mol. The number of fused-ring (bicyclic) bond motifs is 1. The van der Waals surface area contributed by atoms with Gasteiger partial charge in [-0.15, -0.1) is 0 Å². The zero-order valence-electron chi connectivity index (χ0n) is 11.2. The molecule has 0 spiro atoms. The van der Waals surface area contributed by atoms with Crippen LogP contribution in [0.5, 0.6) is 0 Å². The van der Waals surface area contributed by atoms with Crippen LogP contribution in [0, 0.1) is 0 Å². The number of aryl methyl sites for hydroxylation is 1. The molecule has 5 heteroatoms. The Balaban J connectivity index is 1.73. The molecule has 0 aromatic carbocycles. The van der Waals surface area contributed by atoms with Gasteiger partial charge in [-0.2, -0.15) is 5.10 Å². The average Bonchev–Trinajstić information content (AvgIpc) is 2.96. The molecule has 0 radical (unpaired) electrons. The minimum absolute atomic E-state index is 0.0888. The molecular formula is C13H23N5. The fourth-order valence-corrected chi connectivity index (χ4v) is 3.27. The van der Waals surface area contributed by atoms with Crippen molar-refractivity contribution >= 4 is 0 Å². The van der Waals surface area contributed by atoms with Gasteiger partial charge in [0.05, 0.1) is 6.04 Å². The molecule has 3 rings (SSSR count). The highest BCUT2D eigenvalue weighted by atomic mass is 15.4. The number of rotatable bonds is 3. The first-order valence-electron chi connectivity index (χ1n) is 7.21. The second-order valence-electron chi connectivity index (χ2n) is 5.49. The molecule has 0 saturated carbocycles. The van der Waals surface area contributed by atoms with Crippen molar-refractivity contribution < 1.29 is 0 Å². The van der Waals surface area contributed by atoms with E-state index < -0.39 is 0 Å². The van der Waals surface area contributed by atoms with Crippen molar-refractivity contribution in [3.05, 3.63) is 11.6 Å². The third-order valence-corrected chi connectivity index (χ3v) is 4.28. The second-order valence-corrected chi connectivity index (χ2v) is 5.49. The highest BCUT2D eigenvalue weighted by Crippen LogP contribution is 2.23. The molecule has 100 valence electrons. The van der Waals surface area contributed by atoms with E-state index in [2.05, 4.69) is 21.9 Å². The molecule has 1 fully saturated rings. The largest absolute Gasteiger partial charge is 0.321 e. The standard InChI is InChI=1S/C13H23N5/c1-2-17-7-3-5-10(17)9-12-15-13-11(14)6-4-8-18(13)16-12/h10-11H,2-9,14H2,1H3. The molecule has 0 amide bonds. The summed E-state index contributed by atoms with van der Waals surface area (Å²) in [5.41, 5.74) is 6.09. The first-order valence-corrected chi connectivity index (χ1v) is 7.21. The highest BCUT2D eigenvalue weighted by Gasteiger charge is 2.26. The Morgan fingerprint density at radius 2 is 2.11 bits per heavy atom. The topological polar surface area (TPSA) is 60.0 Å². The second kappa shape index (κ2) is 4.97. The minimum atomic E-state index is 0.0888. The van der Waals surface area contributed by atoms with Crippen LogP contribution in [-0.2, 0) is 13.0 Å². The van der Waals surface area contributed by atoms with Crippen LogP contribution in [0.1, 0.15) is 50.3 Å². The Hall–Kier alpha value is -0.940. The van der Waals surface area contributed by atoms with E-state index in [-0.39, 0.29) is 6.04 Å². The van der Waals surface area contributed by atoms with E-state index in [1.165, 1.54) is 19.4 Å². The lowest BCUT2D eigenvalue weighted by Gasteiger charge is -2.21. The van der Waals surface area contributed by atoms with Crippen molar-refractivity contribution in [1.29, 1.82) is 0 Å². The van der Waals surface area contributed by atoms with Gasteiger partial charge in [0.15, 0.2) is 5.82 Å². The zero-order valence-corrected chi connectivity index (χ0v) is 11.2. The molecule has 2 unspecified atom stereocenters. The monoisotopic (exact) mass is 249 g/mol. The van der Waals surface area contributed by atoms with E-state index in [1.54, 1.807) is 0 Å². The van der Waals surface area contributed by atoms with Gasteiger partial charge >= 0.3 is 0 Å². The summed E-state index contributed by atoms with van der Waals surface area (Å²) in [6, 6.07) is 0.724. The maximum Gasteiger partial charge on any atom is 0.152 e. The van der Waals surface area contributed by atoms with Crippen LogP contribution in [0.25, 0.3) is 0 Å². The molecule has 5 nitrogen and oxygen atoms in total. The van der Waals surface area contributed by atoms with Crippen molar-refractivity contribution in [2.45, 2.75) is 57.7 Å². The molecule has 1 aromatic heterocycles. The summed E-state index contributed by atoms with van der Waals surface area (Å²) < 4.78 is 2.02. The third-order valence-electron chi connectivity index (χ3n) is 4.28. The van der Waals surface area contributed by atoms with Crippen LogP contribution < -0.4 is 5.73 Å². The number of likely N-dealkylation sites (tertiary alicyclic amines) is 1. The van der Waals surface area contributed by atoms with Crippen LogP contribution >= 0.6 is 0 Å². The van der Waals surface area contributed by atoms with E-state index >= 15 is 0 Å². The molecule has 1 saturated heterocycles. The zero-order chi connectivity index (χ0) is 12.5. The van der Waals surface area contributed by atoms with Crippen LogP contribution in [0.15, 0.2) is 0 Å². The maximum absolute atomic E-state index is 6.09. The predicted molar refractivity (Wildman–Crippen MR) is 70.2 cm³/mol. The van der Waals surface area contributed by atoms with E-state index in [0.717, 1.165) is 44.0 Å². The average molecular weight is 249 g/mol. The normalized spacial score (nSPS) is 28.6. The lowest BCUT2D eigenvalue weighted by molar-refractivity contribution is 0.263. The number of nitrogens with zero attached hydrogens (tertiary/aromatic N) is 4. The van der Waals surface area contributed by atoms with Gasteiger partial charge < -0.3 is 10.6 Å². The van der Waals surface area contributed by atoms with E-state index in [4.69, 9.17) is 5.73 Å². The van der Waals surface area contributed by atoms with Gasteiger partial charge in [-0.05, 0) is 38.8 Å². The number of hydrogen-bond donors (Lipinski definition) is 1. The summed E-state index contributed by atoms with van der Waals surface area (Å²) in [6.07, 6.45) is 5.75. The van der Waals surface area contributed by atoms with Crippen LogP contribution in [0.3, 0.4) is 0 Å². The Kier molecular flexibility index (Phi) is 3.35. The fraction of sp³-hybridized carbons (Fsp3) is 0.846. The molecule has 2 aliphatic rings. The van der Waals surface area contributed by atoms with Crippen molar-refractivity contribution in [3.8, 4) is 0 Å². The summed E-state index contributed by atoms with van der Waals surface area (Å²) in [6.45, 7) is 5.59. The van der Waals surface area contributed by atoms with Gasteiger partial charge in [-0.1, -0.05) is 6.92 Å². The summed E-state index contributed by atoms with van der Waals surface area (Å²) >= 11 is 0. The lowest BCUT2D eigenvalue weighted by atomic mass is 10.1. The Bertz CT molecular complexity index is 414. The number of nitrogens with two attached hydrogens (primary N) is 1. The fourth-order valence-electron chi connectivity index (χ4n) is 3.27. The smallest absolute Gasteiger partial charge is 0.152 e. The maximum atomic E-state index is 6.09. The van der Waals surface area contributed by atoms with Crippen LogP contribution in [-0.4, -0.2) is 38.8 Å². The predicted octanol–water partition coefficient (Wildman–Crippen LogP) is 1.10. The molecule has 2 aliphatic heterocycles. The van der Waals surface area contributed by atoms with Crippen LogP contribution in [0.4, 0.5) is 0 Å². The summed E-state index contributed by atoms with van der Waals surface area (Å²) in [4.78, 5) is 7.21. The molecule has 2 N–H and O–H groups in total. The lowest BCUT2D eigenvalue weighted by Crippen LogP contribution is -2.31. The van der Waals surface area contributed by atoms with Gasteiger partial charge in [0.25, 0.3) is 0 Å². The van der Waals surface area contributed by atoms with Gasteiger partial charge in [0, 0.05) is 19.0 Å². The van der Waals surface area contributed by atoms with E-state index in [1.807, 2.05) is 4.68 Å². The van der Waals surface area contributed by atoms with Gasteiger partial charge in [-0.25, -0.2) is 9.67 Å². The number of aromatic nitrogens is 3. The number of hydrogen-bond acceptors (Lipinski definition) is 4. The van der Waals surface area contributed by atoms with Gasteiger partial charge in [0.1, 0.15) is 5.82 Å². The summed E-state index contributed by atoms with van der Waals surface area (Å²) in [5.74, 6) is 1.99. The first-order chi connectivity index (χ1) is 8.78. The Morgan fingerprint density at radius 1 is 1.28 bits per heavy atom. The van der Waals surface area contributed by atoms with E-state index in [0.29, 0.717) is 6.04 Å². The van der Waals surface area contributed by atoms with Crippen molar-refractivity contribution in [3.63, 3.8) is 0 Å². The van der Waals surface area contributed by atoms with Crippen molar-refractivity contribution in [2.24, 2.45) is 5.73 Å². The SMILES string of the molecule is CCN1CCCC1Cc1nc2n(n1)CCCC2N. The van der Waals surface area contributed by atoms with Crippen molar-refractivity contribution in [2.75, 3.05) is 13.1 Å².